The van der Waals surface area contributed by atoms with Crippen molar-refractivity contribution in [3.8, 4) is 11.5 Å². The van der Waals surface area contributed by atoms with Gasteiger partial charge in [-0.25, -0.2) is 8.78 Å². The van der Waals surface area contributed by atoms with Crippen molar-refractivity contribution in [3.05, 3.63) is 59.2 Å². The van der Waals surface area contributed by atoms with Crippen LogP contribution in [0.5, 0.6) is 11.5 Å². The van der Waals surface area contributed by atoms with E-state index in [1.807, 2.05) is 0 Å². The lowest BCUT2D eigenvalue weighted by Gasteiger charge is -2.10. The van der Waals surface area contributed by atoms with Crippen LogP contribution in [0, 0.1) is 23.3 Å². The van der Waals surface area contributed by atoms with Gasteiger partial charge < -0.3 is 9.47 Å². The van der Waals surface area contributed by atoms with Gasteiger partial charge in [0.2, 0.25) is 17.4 Å². The van der Waals surface area contributed by atoms with Gasteiger partial charge in [-0.2, -0.15) is 8.78 Å². The summed E-state index contributed by atoms with van der Waals surface area (Å²) in [6.45, 7) is -0.808. The molecular formula is C15H10F4O3. The molecule has 0 amide bonds. The first kappa shape index (κ1) is 15.8. The summed E-state index contributed by atoms with van der Waals surface area (Å²) in [7, 11) is 1.34. The Morgan fingerprint density at radius 2 is 1.64 bits per heavy atom. The molecule has 0 atom stereocenters. The second kappa shape index (κ2) is 6.46. The molecule has 0 fully saturated rings. The van der Waals surface area contributed by atoms with Crippen molar-refractivity contribution in [3.63, 3.8) is 0 Å². The zero-order valence-corrected chi connectivity index (χ0v) is 11.3. The predicted molar refractivity (Wildman–Crippen MR) is 69.1 cm³/mol. The molecular weight excluding hydrogens is 304 g/mol. The van der Waals surface area contributed by atoms with E-state index < -0.39 is 41.4 Å². The molecule has 0 N–H and O–H groups in total. The van der Waals surface area contributed by atoms with E-state index in [1.54, 1.807) is 12.1 Å². The van der Waals surface area contributed by atoms with Crippen LogP contribution in [0.25, 0.3) is 0 Å². The summed E-state index contributed by atoms with van der Waals surface area (Å²) in [5.41, 5.74) is 0.114. The highest BCUT2D eigenvalue weighted by Gasteiger charge is 2.22. The highest BCUT2D eigenvalue weighted by molar-refractivity contribution is 5.99. The Kier molecular flexibility index (Phi) is 4.65. The molecule has 0 spiro atoms. The average Bonchev–Trinajstić information content (AvgIpc) is 2.52. The Labute approximate surface area is 123 Å². The number of methoxy groups -OCH3 is 1. The maximum Gasteiger partial charge on any atom is 0.203 e. The van der Waals surface area contributed by atoms with E-state index in [2.05, 4.69) is 4.74 Å². The van der Waals surface area contributed by atoms with E-state index in [1.165, 1.54) is 19.2 Å². The fraction of sp³-hybridized carbons (Fsp3) is 0.133. The fourth-order valence-corrected chi connectivity index (χ4v) is 1.77. The number of ether oxygens (including phenoxy) is 2. The second-order valence-corrected chi connectivity index (χ2v) is 4.21. The molecule has 0 bridgehead atoms. The molecule has 2 aromatic carbocycles. The van der Waals surface area contributed by atoms with Crippen LogP contribution in [0.4, 0.5) is 17.6 Å². The summed E-state index contributed by atoms with van der Waals surface area (Å²) >= 11 is 0. The van der Waals surface area contributed by atoms with E-state index in [0.717, 1.165) is 0 Å². The van der Waals surface area contributed by atoms with Gasteiger partial charge in [0, 0.05) is 6.07 Å². The molecule has 0 saturated carbocycles. The molecule has 0 saturated heterocycles. The molecule has 116 valence electrons. The van der Waals surface area contributed by atoms with Gasteiger partial charge in [0.05, 0.1) is 12.7 Å². The van der Waals surface area contributed by atoms with E-state index in [0.29, 0.717) is 0 Å². The molecule has 0 aliphatic carbocycles. The number of carbonyl (C=O) groups excluding carboxylic acids is 1. The summed E-state index contributed by atoms with van der Waals surface area (Å²) < 4.78 is 62.4. The Balaban J connectivity index is 2.22. The molecule has 2 rings (SSSR count). The van der Waals surface area contributed by atoms with Crippen LogP contribution in [0.2, 0.25) is 0 Å². The maximum absolute atomic E-state index is 13.4. The van der Waals surface area contributed by atoms with Gasteiger partial charge in [-0.1, -0.05) is 12.1 Å². The highest BCUT2D eigenvalue weighted by Crippen LogP contribution is 2.27. The van der Waals surface area contributed by atoms with Gasteiger partial charge in [-0.05, 0) is 12.1 Å². The minimum Gasteiger partial charge on any atom is -0.496 e. The normalized spacial score (nSPS) is 10.4. The fourth-order valence-electron chi connectivity index (χ4n) is 1.77. The first-order chi connectivity index (χ1) is 10.5. The van der Waals surface area contributed by atoms with Crippen LogP contribution in [0.1, 0.15) is 10.4 Å². The molecule has 0 heterocycles. The van der Waals surface area contributed by atoms with E-state index >= 15 is 0 Å². The number of rotatable bonds is 5. The monoisotopic (exact) mass is 314 g/mol. The Bertz CT molecular complexity index is 690. The van der Waals surface area contributed by atoms with Gasteiger partial charge in [0.25, 0.3) is 0 Å². The first-order valence-corrected chi connectivity index (χ1v) is 6.07. The van der Waals surface area contributed by atoms with Crippen LogP contribution < -0.4 is 9.47 Å². The van der Waals surface area contributed by atoms with Crippen molar-refractivity contribution in [2.45, 2.75) is 0 Å². The quantitative estimate of drug-likeness (QED) is 0.481. The number of Topliss-reactive ketones (excluding diaryl/α,β-unsaturated/α-hetero) is 1. The van der Waals surface area contributed by atoms with Gasteiger partial charge in [-0.15, -0.1) is 0 Å². The van der Waals surface area contributed by atoms with E-state index in [9.17, 15) is 22.4 Å². The number of ketones is 1. The lowest BCUT2D eigenvalue weighted by Crippen LogP contribution is -2.15. The Morgan fingerprint density at radius 1 is 1.05 bits per heavy atom. The SMILES string of the molecule is COc1ccccc1C(=O)COc1c(F)c(F)cc(F)c1F. The van der Waals surface area contributed by atoms with Crippen molar-refractivity contribution in [1.29, 1.82) is 0 Å². The molecule has 7 heteroatoms. The van der Waals surface area contributed by atoms with Gasteiger partial charge in [0.15, 0.2) is 24.0 Å². The van der Waals surface area contributed by atoms with Crippen molar-refractivity contribution in [2.75, 3.05) is 13.7 Å². The molecule has 0 unspecified atom stereocenters. The smallest absolute Gasteiger partial charge is 0.203 e. The van der Waals surface area contributed by atoms with Crippen LogP contribution >= 0.6 is 0 Å². The Hall–Kier alpha value is -2.57. The summed E-state index contributed by atoms with van der Waals surface area (Å²) in [6, 6.07) is 6.16. The lowest BCUT2D eigenvalue weighted by molar-refractivity contribution is 0.0910. The Morgan fingerprint density at radius 3 is 2.23 bits per heavy atom. The number of para-hydroxylation sites is 1. The number of hydrogen-bond donors (Lipinski definition) is 0. The third-order valence-corrected chi connectivity index (χ3v) is 2.83. The van der Waals surface area contributed by atoms with Crippen LogP contribution in [-0.4, -0.2) is 19.5 Å². The molecule has 0 aliphatic heterocycles. The van der Waals surface area contributed by atoms with Crippen molar-refractivity contribution in [1.82, 2.24) is 0 Å². The maximum atomic E-state index is 13.4. The van der Waals surface area contributed by atoms with Gasteiger partial charge >= 0.3 is 0 Å². The third-order valence-electron chi connectivity index (χ3n) is 2.83. The summed E-state index contributed by atoms with van der Waals surface area (Å²) in [5, 5.41) is 0. The van der Waals surface area contributed by atoms with Crippen molar-refractivity contribution in [2.24, 2.45) is 0 Å². The number of halogens is 4. The highest BCUT2D eigenvalue weighted by atomic mass is 19.2. The zero-order chi connectivity index (χ0) is 16.3. The van der Waals surface area contributed by atoms with E-state index in [-0.39, 0.29) is 17.4 Å². The van der Waals surface area contributed by atoms with Gasteiger partial charge in [0.1, 0.15) is 5.75 Å². The average molecular weight is 314 g/mol. The number of carbonyl (C=O) groups is 1. The first-order valence-electron chi connectivity index (χ1n) is 6.07. The molecule has 0 aliphatic rings. The lowest BCUT2D eigenvalue weighted by atomic mass is 10.1. The topological polar surface area (TPSA) is 35.5 Å². The second-order valence-electron chi connectivity index (χ2n) is 4.21. The molecule has 3 nitrogen and oxygen atoms in total. The third kappa shape index (κ3) is 3.03. The molecule has 0 aromatic heterocycles. The summed E-state index contributed by atoms with van der Waals surface area (Å²) in [6.07, 6.45) is 0. The standard InChI is InChI=1S/C15H10F4O3/c1-21-12-5-3-2-4-8(12)11(20)7-22-15-13(18)9(16)6-10(17)14(15)19/h2-6H,7H2,1H3. The summed E-state index contributed by atoms with van der Waals surface area (Å²) in [4.78, 5) is 12.0. The number of benzene rings is 2. The van der Waals surface area contributed by atoms with Crippen molar-refractivity contribution >= 4 is 5.78 Å². The van der Waals surface area contributed by atoms with Crippen LogP contribution in [0.3, 0.4) is 0 Å². The largest absolute Gasteiger partial charge is 0.496 e. The van der Waals surface area contributed by atoms with E-state index in [4.69, 9.17) is 4.74 Å². The minimum absolute atomic E-state index is 0.0551. The molecule has 22 heavy (non-hydrogen) atoms. The van der Waals surface area contributed by atoms with Gasteiger partial charge in [-0.3, -0.25) is 4.79 Å². The van der Waals surface area contributed by atoms with Crippen molar-refractivity contribution < 1.29 is 31.8 Å². The van der Waals surface area contributed by atoms with Crippen LogP contribution in [-0.2, 0) is 0 Å². The number of hydrogen-bond acceptors (Lipinski definition) is 3. The van der Waals surface area contributed by atoms with Crippen LogP contribution in [0.15, 0.2) is 30.3 Å². The molecule has 0 radical (unpaired) electrons. The molecule has 2 aromatic rings. The minimum atomic E-state index is -1.70. The summed E-state index contributed by atoms with van der Waals surface area (Å²) in [5.74, 6) is -8.33. The zero-order valence-electron chi connectivity index (χ0n) is 11.3. The predicted octanol–water partition coefficient (Wildman–Crippen LogP) is 3.51.